The Kier molecular flexibility index (Phi) is 7.46. The van der Waals surface area contributed by atoms with Crippen molar-refractivity contribution in [1.29, 1.82) is 0 Å². The van der Waals surface area contributed by atoms with Crippen molar-refractivity contribution in [3.63, 3.8) is 0 Å². The molecule has 1 amide bonds. The van der Waals surface area contributed by atoms with Crippen LogP contribution in [-0.4, -0.2) is 30.6 Å². The molecule has 1 aliphatic heterocycles. The van der Waals surface area contributed by atoms with Crippen LogP contribution in [0.3, 0.4) is 0 Å². The zero-order chi connectivity index (χ0) is 28.9. The summed E-state index contributed by atoms with van der Waals surface area (Å²) < 4.78 is 39.4. The Morgan fingerprint density at radius 1 is 1.17 bits per heavy atom. The second kappa shape index (κ2) is 10.9. The normalized spacial score (nSPS) is 26.2. The van der Waals surface area contributed by atoms with Crippen molar-refractivity contribution < 1.29 is 18.3 Å². The molecule has 3 aliphatic rings. The van der Waals surface area contributed by atoms with Crippen LogP contribution in [-0.2, 0) is 17.0 Å². The summed E-state index contributed by atoms with van der Waals surface area (Å²) in [5, 5.41) is 0.255. The summed E-state index contributed by atoms with van der Waals surface area (Å²) in [6.45, 7) is 4.02. The third kappa shape index (κ3) is 5.30. The Bertz CT molecular complexity index is 1570. The summed E-state index contributed by atoms with van der Waals surface area (Å²) in [5.74, 6) is -0.885. The van der Waals surface area contributed by atoms with Crippen LogP contribution in [0.2, 0.25) is 5.02 Å². The van der Waals surface area contributed by atoms with E-state index in [0.29, 0.717) is 34.3 Å². The molecule has 6 rings (SSSR count). The monoisotopic (exact) mass is 603 g/mol. The molecular formula is C28H29Cl2F2N7O2. The molecule has 13 heteroatoms. The Labute approximate surface area is 245 Å². The van der Waals surface area contributed by atoms with Crippen molar-refractivity contribution >= 4 is 40.5 Å². The first-order valence-corrected chi connectivity index (χ1v) is 14.4. The summed E-state index contributed by atoms with van der Waals surface area (Å²) in [4.78, 5) is 30.0. The minimum absolute atomic E-state index is 0.0308. The Morgan fingerprint density at radius 2 is 1.95 bits per heavy atom. The van der Waals surface area contributed by atoms with E-state index in [1.54, 1.807) is 22.9 Å². The molecule has 1 saturated heterocycles. The van der Waals surface area contributed by atoms with Crippen LogP contribution in [0.1, 0.15) is 63.8 Å². The number of hydrogen-bond acceptors (Lipinski definition) is 7. The third-order valence-corrected chi connectivity index (χ3v) is 8.71. The smallest absolute Gasteiger partial charge is 0.420 e. The first-order valence-electron chi connectivity index (χ1n) is 13.6. The van der Waals surface area contributed by atoms with Crippen LogP contribution in [0.15, 0.2) is 41.5 Å². The highest BCUT2D eigenvalue weighted by Gasteiger charge is 2.45. The van der Waals surface area contributed by atoms with Gasteiger partial charge in [-0.1, -0.05) is 49.0 Å². The van der Waals surface area contributed by atoms with Gasteiger partial charge < -0.3 is 9.30 Å². The Hall–Kier alpha value is -3.15. The molecule has 4 heterocycles. The van der Waals surface area contributed by atoms with Crippen LogP contribution in [0.4, 0.5) is 13.6 Å². The highest BCUT2D eigenvalue weighted by Crippen LogP contribution is 2.46. The highest BCUT2D eigenvalue weighted by atomic mass is 35.5. The molecule has 0 radical (unpaired) electrons. The molecule has 9 nitrogen and oxygen atoms in total. The molecule has 3 unspecified atom stereocenters. The lowest BCUT2D eigenvalue weighted by Crippen LogP contribution is -2.33. The lowest BCUT2D eigenvalue weighted by Gasteiger charge is -2.32. The topological polar surface area (TPSA) is 107 Å². The van der Waals surface area contributed by atoms with Gasteiger partial charge in [-0.3, -0.25) is 10.4 Å². The molecular weight excluding hydrogens is 575 g/mol. The van der Waals surface area contributed by atoms with E-state index < -0.39 is 29.7 Å². The van der Waals surface area contributed by atoms with Gasteiger partial charge in [-0.15, -0.1) is 0 Å². The fourth-order valence-corrected chi connectivity index (χ4v) is 6.31. The summed E-state index contributed by atoms with van der Waals surface area (Å²) in [7, 11) is 0. The lowest BCUT2D eigenvalue weighted by molar-refractivity contribution is 0.0906. The number of carbonyl (C=O) groups is 1. The molecule has 3 atom stereocenters. The third-order valence-electron chi connectivity index (χ3n) is 8.20. The second-order valence-corrected chi connectivity index (χ2v) is 12.0. The number of pyridine rings is 1. The van der Waals surface area contributed by atoms with Crippen LogP contribution in [0.5, 0.6) is 0 Å². The van der Waals surface area contributed by atoms with Crippen LogP contribution in [0, 0.1) is 17.8 Å². The van der Waals surface area contributed by atoms with Gasteiger partial charge in [-0.25, -0.2) is 28.5 Å². The van der Waals surface area contributed by atoms with Gasteiger partial charge in [0.1, 0.15) is 22.9 Å². The van der Waals surface area contributed by atoms with Gasteiger partial charge in [0, 0.05) is 24.5 Å². The highest BCUT2D eigenvalue weighted by molar-refractivity contribution is 6.31. The van der Waals surface area contributed by atoms with Gasteiger partial charge >= 0.3 is 6.09 Å². The number of alkyl halides is 1. The number of allylic oxidation sites excluding steroid dienone is 4. The summed E-state index contributed by atoms with van der Waals surface area (Å²) in [5.41, 5.74) is 4.38. The predicted octanol–water partition coefficient (Wildman–Crippen LogP) is 6.79. The van der Waals surface area contributed by atoms with E-state index in [-0.39, 0.29) is 34.7 Å². The van der Waals surface area contributed by atoms with Gasteiger partial charge in [0.25, 0.3) is 0 Å². The molecule has 41 heavy (non-hydrogen) atoms. The van der Waals surface area contributed by atoms with Crippen molar-refractivity contribution in [2.24, 2.45) is 17.8 Å². The van der Waals surface area contributed by atoms with Gasteiger partial charge in [-0.2, -0.15) is 5.43 Å². The minimum Gasteiger partial charge on any atom is -0.420 e. The van der Waals surface area contributed by atoms with Crippen molar-refractivity contribution in [2.45, 2.75) is 64.4 Å². The Balaban J connectivity index is 1.58. The molecule has 3 aromatic heterocycles. The number of hydrazine groups is 1. The van der Waals surface area contributed by atoms with E-state index in [4.69, 9.17) is 37.9 Å². The molecule has 3 aromatic rings. The lowest BCUT2D eigenvalue weighted by atomic mass is 9.82. The maximum Gasteiger partial charge on any atom is 0.423 e. The van der Waals surface area contributed by atoms with Gasteiger partial charge in [-0.05, 0) is 50.2 Å². The van der Waals surface area contributed by atoms with Gasteiger partial charge in [0.2, 0.25) is 6.23 Å². The standard InChI is InChI=1S/C28H29Cl2F2N7O2/c1-14-6-8-15(9-7-14)13-39-22-21(16-10-17(29)12-33-11-16)34-24(25-37-38-27(40)41-25)35-23(22)36-26(39)28(2,32)18-4-3-5-19(30)20(18)31/h3,5,10-12,14-15,18,25,37H,4,6-9,13H2,1-2H3,(H,38,40). The number of hydrogen-bond donors (Lipinski definition) is 2. The summed E-state index contributed by atoms with van der Waals surface area (Å²) >= 11 is 12.4. The maximum absolute atomic E-state index is 17.1. The van der Waals surface area contributed by atoms with Crippen molar-refractivity contribution in [3.05, 3.63) is 58.1 Å². The van der Waals surface area contributed by atoms with Crippen molar-refractivity contribution in [1.82, 2.24) is 35.4 Å². The summed E-state index contributed by atoms with van der Waals surface area (Å²) in [6.07, 6.45) is 8.68. The molecule has 0 spiro atoms. The molecule has 2 fully saturated rings. The largest absolute Gasteiger partial charge is 0.423 e. The van der Waals surface area contributed by atoms with E-state index in [9.17, 15) is 4.79 Å². The van der Waals surface area contributed by atoms with E-state index >= 15 is 8.78 Å². The van der Waals surface area contributed by atoms with E-state index in [0.717, 1.165) is 25.7 Å². The average Bonchev–Trinajstić information content (AvgIpc) is 3.55. The number of aromatic nitrogens is 5. The number of rotatable bonds is 6. The zero-order valence-electron chi connectivity index (χ0n) is 22.5. The van der Waals surface area contributed by atoms with Crippen LogP contribution >= 0.6 is 23.2 Å². The second-order valence-electron chi connectivity index (χ2n) is 11.2. The Morgan fingerprint density at radius 3 is 2.66 bits per heavy atom. The summed E-state index contributed by atoms with van der Waals surface area (Å²) in [6, 6.07) is 1.69. The van der Waals surface area contributed by atoms with E-state index in [1.807, 2.05) is 0 Å². The molecule has 0 aromatic carbocycles. The molecule has 2 aliphatic carbocycles. The maximum atomic E-state index is 17.1. The molecule has 2 N–H and O–H groups in total. The van der Waals surface area contributed by atoms with Crippen LogP contribution in [0.25, 0.3) is 22.4 Å². The van der Waals surface area contributed by atoms with Crippen molar-refractivity contribution in [3.8, 4) is 11.3 Å². The number of fused-ring (bicyclic) bond motifs is 1. The number of carbonyl (C=O) groups excluding carboxylic acids is 1. The number of imidazole rings is 1. The number of ether oxygens (including phenoxy) is 1. The first-order chi connectivity index (χ1) is 19.6. The quantitative estimate of drug-likeness (QED) is 0.319. The zero-order valence-corrected chi connectivity index (χ0v) is 24.0. The molecule has 0 bridgehead atoms. The number of cyclic esters (lactones) is 1. The number of halogens is 4. The fraction of sp³-hybridized carbons (Fsp3) is 0.464. The molecule has 1 saturated carbocycles. The predicted molar refractivity (Wildman–Crippen MR) is 150 cm³/mol. The fourth-order valence-electron chi connectivity index (χ4n) is 5.91. The number of nitrogens with zero attached hydrogens (tertiary/aromatic N) is 5. The van der Waals surface area contributed by atoms with Gasteiger partial charge in [0.05, 0.1) is 16.0 Å². The SMILES string of the molecule is CC1CCC(Cn2c(C(C)(F)C3CC=CC(Cl)=C3F)nc3nc(C4NNC(=O)O4)nc(-c4cncc(Cl)c4)c32)CC1. The minimum atomic E-state index is -2.25. The average molecular weight is 604 g/mol. The van der Waals surface area contributed by atoms with E-state index in [1.165, 1.54) is 19.2 Å². The molecule has 216 valence electrons. The number of nitrogens with one attached hydrogen (secondary N) is 2. The first kappa shape index (κ1) is 28.0. The van der Waals surface area contributed by atoms with E-state index in [2.05, 4.69) is 27.7 Å². The van der Waals surface area contributed by atoms with Gasteiger partial charge in [0.15, 0.2) is 17.1 Å². The van der Waals surface area contributed by atoms with Crippen LogP contribution < -0.4 is 10.9 Å². The van der Waals surface area contributed by atoms with Crippen molar-refractivity contribution in [2.75, 3.05) is 0 Å². The number of amides is 1.